The first-order chi connectivity index (χ1) is 3.42. The molecule has 0 aliphatic carbocycles. The van der Waals surface area contributed by atoms with E-state index in [1.807, 2.05) is 6.92 Å². The molecule has 1 unspecified atom stereocenters. The van der Waals surface area contributed by atoms with Crippen LogP contribution in [0.25, 0.3) is 0 Å². The second-order valence-electron chi connectivity index (χ2n) is 1.60. The summed E-state index contributed by atoms with van der Waals surface area (Å²) in [7, 11) is 0. The minimum absolute atomic E-state index is 0.417. The van der Waals surface area contributed by atoms with Crippen LogP contribution < -0.4 is 0 Å². The van der Waals surface area contributed by atoms with Crippen LogP contribution in [0.15, 0.2) is 0 Å². The van der Waals surface area contributed by atoms with E-state index in [1.54, 1.807) is 0 Å². The van der Waals surface area contributed by atoms with Gasteiger partial charge in [0, 0.05) is 10.3 Å². The summed E-state index contributed by atoms with van der Waals surface area (Å²) < 4.78 is -0.652. The first-order valence-electron chi connectivity index (χ1n) is 2.12. The molecule has 4 heteroatoms. The lowest BCUT2D eigenvalue weighted by atomic mass is 10.4. The summed E-state index contributed by atoms with van der Waals surface area (Å²) in [4.78, 5) is 0. The molecule has 0 saturated carbocycles. The van der Waals surface area contributed by atoms with Crippen molar-refractivity contribution in [3.63, 3.8) is 0 Å². The molecule has 0 radical (unpaired) electrons. The van der Waals surface area contributed by atoms with Crippen molar-refractivity contribution in [2.75, 3.05) is 0 Å². The Kier molecular flexibility index (Phi) is 4.43. The molecule has 8 heavy (non-hydrogen) atoms. The van der Waals surface area contributed by atoms with Gasteiger partial charge in [0.25, 0.3) is 0 Å². The molecule has 0 amide bonds. The average Bonchev–Trinajstić information content (AvgIpc) is 1.21. The van der Waals surface area contributed by atoms with Crippen LogP contribution in [-0.2, 0) is 0 Å². The van der Waals surface area contributed by atoms with Crippen molar-refractivity contribution in [1.82, 2.24) is 0 Å². The van der Waals surface area contributed by atoms with E-state index in [1.165, 1.54) is 0 Å². The largest absolute Gasteiger partial charge is 0.191 e. The minimum Gasteiger partial charge on any atom is -0.0837 e. The summed E-state index contributed by atoms with van der Waals surface area (Å²) >= 11 is 18.6. The van der Waals surface area contributed by atoms with Crippen molar-refractivity contribution in [2.45, 2.75) is 21.1 Å². The second kappa shape index (κ2) is 3.69. The Labute approximate surface area is 78.0 Å². The number of hydrogen-bond donors (Lipinski definition) is 0. The van der Waals surface area contributed by atoms with Gasteiger partial charge in [-0.3, -0.25) is 0 Å². The maximum Gasteiger partial charge on any atom is 0.191 e. The number of hydrogen-bond acceptors (Lipinski definition) is 0. The van der Waals surface area contributed by atoms with Crippen LogP contribution in [0.2, 0.25) is 0 Å². The molecule has 0 spiro atoms. The van der Waals surface area contributed by atoms with E-state index >= 15 is 0 Å². The van der Waals surface area contributed by atoms with Crippen molar-refractivity contribution in [2.24, 2.45) is 0 Å². The van der Waals surface area contributed by atoms with Crippen molar-refractivity contribution >= 4 is 57.4 Å². The summed E-state index contributed by atoms with van der Waals surface area (Å²) in [5.41, 5.74) is 0. The van der Waals surface area contributed by atoms with Gasteiger partial charge in [-0.1, -0.05) is 64.3 Å². The molecule has 0 aromatic rings. The van der Waals surface area contributed by atoms with Gasteiger partial charge in [0.1, 0.15) is 0 Å². The SMILES string of the molecule is CC(I)CC(Cl)(Cl)Cl. The maximum absolute atomic E-state index is 5.45. The fraction of sp³-hybridized carbons (Fsp3) is 1.00. The highest BCUT2D eigenvalue weighted by Gasteiger charge is 2.21. The van der Waals surface area contributed by atoms with E-state index in [0.717, 1.165) is 0 Å². The van der Waals surface area contributed by atoms with Crippen LogP contribution in [0, 0.1) is 0 Å². The van der Waals surface area contributed by atoms with Crippen molar-refractivity contribution in [3.8, 4) is 0 Å². The molecule has 0 aliphatic heterocycles. The zero-order valence-electron chi connectivity index (χ0n) is 4.30. The third kappa shape index (κ3) is 7.60. The first-order valence-corrected chi connectivity index (χ1v) is 4.50. The molecule has 0 nitrogen and oxygen atoms in total. The zero-order chi connectivity index (χ0) is 6.78. The van der Waals surface area contributed by atoms with Gasteiger partial charge >= 0.3 is 0 Å². The Balaban J connectivity index is 3.39. The smallest absolute Gasteiger partial charge is 0.0837 e. The second-order valence-corrected chi connectivity index (χ2v) is 6.24. The van der Waals surface area contributed by atoms with Crippen LogP contribution in [0.1, 0.15) is 13.3 Å². The standard InChI is InChI=1S/C4H6Cl3I/c1-3(8)2-4(5,6)7/h3H,2H2,1H3. The first kappa shape index (κ1) is 9.60. The Morgan fingerprint density at radius 3 is 1.88 bits per heavy atom. The van der Waals surface area contributed by atoms with E-state index in [0.29, 0.717) is 10.3 Å². The molecule has 0 rings (SSSR count). The molecule has 0 heterocycles. The molecular weight excluding hydrogens is 281 g/mol. The Hall–Kier alpha value is 1.60. The van der Waals surface area contributed by atoms with Gasteiger partial charge < -0.3 is 0 Å². The molecule has 0 fully saturated rings. The highest BCUT2D eigenvalue weighted by atomic mass is 127. The predicted octanol–water partition coefficient (Wildman–Crippen LogP) is 3.57. The molecule has 0 N–H and O–H groups in total. The van der Waals surface area contributed by atoms with E-state index < -0.39 is 3.79 Å². The normalized spacial score (nSPS) is 16.1. The summed E-state index contributed by atoms with van der Waals surface area (Å²) in [6.07, 6.45) is 0.609. The van der Waals surface area contributed by atoms with Crippen molar-refractivity contribution in [1.29, 1.82) is 0 Å². The average molecular weight is 287 g/mol. The lowest BCUT2D eigenvalue weighted by Gasteiger charge is -2.10. The van der Waals surface area contributed by atoms with E-state index in [4.69, 9.17) is 34.8 Å². The van der Waals surface area contributed by atoms with Crippen LogP contribution in [-0.4, -0.2) is 7.72 Å². The van der Waals surface area contributed by atoms with Gasteiger partial charge in [-0.25, -0.2) is 0 Å². The number of rotatable bonds is 1. The van der Waals surface area contributed by atoms with Gasteiger partial charge in [-0.05, 0) is 0 Å². The quantitative estimate of drug-likeness (QED) is 0.511. The highest BCUT2D eigenvalue weighted by Crippen LogP contribution is 2.33. The zero-order valence-corrected chi connectivity index (χ0v) is 8.72. The summed E-state index contributed by atoms with van der Waals surface area (Å²) in [6, 6.07) is 0. The lowest BCUT2D eigenvalue weighted by molar-refractivity contribution is 0.866. The fourth-order valence-corrected chi connectivity index (χ4v) is 2.45. The van der Waals surface area contributed by atoms with Crippen molar-refractivity contribution < 1.29 is 0 Å². The van der Waals surface area contributed by atoms with Crippen molar-refractivity contribution in [3.05, 3.63) is 0 Å². The third-order valence-electron chi connectivity index (χ3n) is 0.513. The van der Waals surface area contributed by atoms with Gasteiger partial charge in [-0.15, -0.1) is 0 Å². The van der Waals surface area contributed by atoms with E-state index in [-0.39, 0.29) is 0 Å². The Bertz CT molecular complexity index is 66.2. The van der Waals surface area contributed by atoms with Crippen LogP contribution in [0.4, 0.5) is 0 Å². The predicted molar refractivity (Wildman–Crippen MR) is 48.4 cm³/mol. The molecule has 0 bridgehead atoms. The van der Waals surface area contributed by atoms with Gasteiger partial charge in [0.15, 0.2) is 3.79 Å². The van der Waals surface area contributed by atoms with Gasteiger partial charge in [0.2, 0.25) is 0 Å². The van der Waals surface area contributed by atoms with Crippen LogP contribution in [0.5, 0.6) is 0 Å². The molecule has 1 atom stereocenters. The summed E-state index contributed by atoms with van der Waals surface area (Å²) in [6.45, 7) is 2.00. The van der Waals surface area contributed by atoms with E-state index in [2.05, 4.69) is 22.6 Å². The number of halogens is 4. The third-order valence-corrected chi connectivity index (χ3v) is 1.42. The summed E-state index contributed by atoms with van der Waals surface area (Å²) in [5.74, 6) is 0. The fourth-order valence-electron chi connectivity index (χ4n) is 0.319. The lowest BCUT2D eigenvalue weighted by Crippen LogP contribution is -2.07. The maximum atomic E-state index is 5.45. The topological polar surface area (TPSA) is 0 Å². The highest BCUT2D eigenvalue weighted by molar-refractivity contribution is 14.1. The minimum atomic E-state index is -1.07. The van der Waals surface area contributed by atoms with Crippen LogP contribution >= 0.6 is 57.4 Å². The van der Waals surface area contributed by atoms with Gasteiger partial charge in [-0.2, -0.15) is 0 Å². The Morgan fingerprint density at radius 2 is 1.88 bits per heavy atom. The molecule has 50 valence electrons. The molecule has 0 aromatic carbocycles. The van der Waals surface area contributed by atoms with Gasteiger partial charge in [0.05, 0.1) is 0 Å². The summed E-state index contributed by atoms with van der Waals surface area (Å²) in [5, 5.41) is 0. The molecule has 0 saturated heterocycles. The molecule has 0 aromatic heterocycles. The molecular formula is C4H6Cl3I. The molecule has 0 aliphatic rings. The van der Waals surface area contributed by atoms with Crippen LogP contribution in [0.3, 0.4) is 0 Å². The van der Waals surface area contributed by atoms with E-state index in [9.17, 15) is 0 Å². The Morgan fingerprint density at radius 1 is 1.50 bits per heavy atom. The monoisotopic (exact) mass is 286 g/mol. The number of alkyl halides is 4.